The zero-order valence-corrected chi connectivity index (χ0v) is 48.1. The lowest BCUT2D eigenvalue weighted by molar-refractivity contribution is 0.857. The molecule has 1 aromatic heterocycles. The molecule has 15 rings (SSSR count). The van der Waals surface area contributed by atoms with Crippen molar-refractivity contribution >= 4 is 73.4 Å². The standard InChI is InChI=1S/C78H58N8/c1-47-15-23-53(24-16-47)75-61-35-31-57(79-61)58-32-36-62(80-58)76(54-25-17-48(2)18-26-54)71-45-41-67(85-71)74(52-13-9-6-10-14-52)68-42-46-72(86-68)78(56-29-21-50(4)22-30-56)64-38-34-60(82-64)59-33-37-63(81-59)77(55-27-19-49(3)20-28-55)70-44-40-66(84-70)73(51-11-7-5-8-12-51)65-39-43-69(75)83-65/h5-46,57,70,81,84H,1-4H3/b60-59-,73-66?,74-67?,75-69-,76-62-,77-63-,78-72-. The van der Waals surface area contributed by atoms with Crippen molar-refractivity contribution in [3.8, 4) is 0 Å². The van der Waals surface area contributed by atoms with E-state index in [0.717, 1.165) is 146 Å². The summed E-state index contributed by atoms with van der Waals surface area (Å²) in [5.74, 6) is 0. The van der Waals surface area contributed by atoms with Crippen molar-refractivity contribution in [3.63, 3.8) is 0 Å². The number of aromatic nitrogens is 1. The van der Waals surface area contributed by atoms with Crippen molar-refractivity contribution in [1.29, 1.82) is 0 Å². The summed E-state index contributed by atoms with van der Waals surface area (Å²) in [7, 11) is 0. The molecule has 0 spiro atoms. The monoisotopic (exact) mass is 1110 g/mol. The molecule has 6 aromatic carbocycles. The molecule has 0 saturated carbocycles. The van der Waals surface area contributed by atoms with Gasteiger partial charge in [0.2, 0.25) is 0 Å². The van der Waals surface area contributed by atoms with Gasteiger partial charge >= 0.3 is 0 Å². The van der Waals surface area contributed by atoms with Crippen molar-refractivity contribution in [2.75, 3.05) is 0 Å². The molecular formula is C78H58N8. The maximum absolute atomic E-state index is 5.56. The van der Waals surface area contributed by atoms with Crippen LogP contribution in [0, 0.1) is 27.7 Å². The zero-order valence-electron chi connectivity index (χ0n) is 48.1. The fourth-order valence-corrected chi connectivity index (χ4v) is 12.2. The number of nitrogens with zero attached hydrogens (tertiary/aromatic N) is 6. The van der Waals surface area contributed by atoms with Crippen LogP contribution in [-0.2, 0) is 0 Å². The van der Waals surface area contributed by atoms with E-state index in [4.69, 9.17) is 30.0 Å². The van der Waals surface area contributed by atoms with Crippen LogP contribution in [0.2, 0.25) is 0 Å². The fourth-order valence-electron chi connectivity index (χ4n) is 12.2. The number of allylic oxidation sites excluding steroid dienone is 15. The number of hydrogen-bond donors (Lipinski definition) is 2. The number of aryl methyl sites for hydroxylation is 4. The number of nitrogens with one attached hydrogen (secondary N) is 2. The van der Waals surface area contributed by atoms with Gasteiger partial charge in [0.15, 0.2) is 0 Å². The highest BCUT2D eigenvalue weighted by Crippen LogP contribution is 2.39. The lowest BCUT2D eigenvalue weighted by Gasteiger charge is -2.18. The minimum atomic E-state index is -0.328. The largest absolute Gasteiger partial charge is 0.374 e. The summed E-state index contributed by atoms with van der Waals surface area (Å²) in [6.45, 7) is 8.48. The molecule has 8 aliphatic heterocycles. The van der Waals surface area contributed by atoms with E-state index in [2.05, 4.69) is 287 Å². The summed E-state index contributed by atoms with van der Waals surface area (Å²) in [5.41, 5.74) is 26.9. The Balaban J connectivity index is 0.963. The molecule has 16 bridgehead atoms. The third kappa shape index (κ3) is 9.76. The normalized spacial score (nSPS) is 23.1. The van der Waals surface area contributed by atoms with Crippen molar-refractivity contribution in [2.45, 2.75) is 39.8 Å². The Labute approximate surface area is 500 Å². The van der Waals surface area contributed by atoms with Gasteiger partial charge < -0.3 is 10.3 Å². The first kappa shape index (κ1) is 51.9. The Morgan fingerprint density at radius 3 is 1.21 bits per heavy atom. The van der Waals surface area contributed by atoms with E-state index in [1.165, 1.54) is 22.3 Å². The molecule has 0 aliphatic carbocycles. The molecule has 8 aliphatic rings. The van der Waals surface area contributed by atoms with E-state index in [1.807, 2.05) is 6.07 Å². The molecule has 86 heavy (non-hydrogen) atoms. The molecule has 410 valence electrons. The van der Waals surface area contributed by atoms with Gasteiger partial charge in [-0.1, -0.05) is 192 Å². The molecule has 0 radical (unpaired) electrons. The number of hydrogen-bond acceptors (Lipinski definition) is 7. The summed E-state index contributed by atoms with van der Waals surface area (Å²) in [4.78, 5) is 36.8. The third-order valence-corrected chi connectivity index (χ3v) is 16.7. The highest BCUT2D eigenvalue weighted by Gasteiger charge is 2.30. The van der Waals surface area contributed by atoms with Crippen LogP contribution in [0.25, 0.3) is 39.1 Å². The molecule has 8 nitrogen and oxygen atoms in total. The molecule has 0 saturated heterocycles. The molecule has 7 aromatic rings. The molecule has 2 atom stereocenters. The first-order valence-electron chi connectivity index (χ1n) is 29.3. The Morgan fingerprint density at radius 1 is 0.302 bits per heavy atom. The second kappa shape index (κ2) is 21.7. The Hall–Kier alpha value is -11.0. The number of rotatable bonds is 6. The first-order chi connectivity index (χ1) is 42.2. The van der Waals surface area contributed by atoms with E-state index in [0.29, 0.717) is 0 Å². The summed E-state index contributed by atoms with van der Waals surface area (Å²) < 4.78 is 0. The fraction of sp³-hybridized carbons (Fsp3) is 0.0769. The molecule has 8 heteroatoms. The van der Waals surface area contributed by atoms with E-state index in [1.54, 1.807) is 0 Å². The Bertz CT molecular complexity index is 4770. The van der Waals surface area contributed by atoms with Crippen molar-refractivity contribution in [3.05, 3.63) is 350 Å². The summed E-state index contributed by atoms with van der Waals surface area (Å²) >= 11 is 0. The number of H-pyrrole nitrogens is 1. The zero-order chi connectivity index (χ0) is 57.8. The Morgan fingerprint density at radius 2 is 0.698 bits per heavy atom. The topological polar surface area (TPSA) is 102 Å². The minimum absolute atomic E-state index is 0.191. The molecule has 9 heterocycles. The van der Waals surface area contributed by atoms with Gasteiger partial charge in [-0.2, -0.15) is 0 Å². The van der Waals surface area contributed by atoms with Crippen molar-refractivity contribution < 1.29 is 0 Å². The third-order valence-electron chi connectivity index (χ3n) is 16.7. The summed E-state index contributed by atoms with van der Waals surface area (Å²) in [6.07, 6.45) is 30.0. The van der Waals surface area contributed by atoms with Gasteiger partial charge in [0.25, 0.3) is 0 Å². The highest BCUT2D eigenvalue weighted by molar-refractivity contribution is 6.39. The average molecular weight is 1110 g/mol. The predicted octanol–water partition coefficient (Wildman–Crippen LogP) is 14.6. The second-order valence-corrected chi connectivity index (χ2v) is 22.6. The molecule has 0 amide bonds. The van der Waals surface area contributed by atoms with Gasteiger partial charge in [-0.05, 0) is 146 Å². The molecule has 2 unspecified atom stereocenters. The van der Waals surface area contributed by atoms with E-state index < -0.39 is 0 Å². The summed E-state index contributed by atoms with van der Waals surface area (Å²) in [6, 6.07) is 59.6. The van der Waals surface area contributed by atoms with E-state index >= 15 is 0 Å². The van der Waals surface area contributed by atoms with E-state index in [-0.39, 0.29) is 12.1 Å². The quantitative estimate of drug-likeness (QED) is 0.170. The van der Waals surface area contributed by atoms with E-state index in [9.17, 15) is 0 Å². The lowest BCUT2D eigenvalue weighted by atomic mass is 9.97. The van der Waals surface area contributed by atoms with Crippen molar-refractivity contribution in [1.82, 2.24) is 10.3 Å². The maximum Gasteiger partial charge on any atom is 0.111 e. The average Bonchev–Trinajstić information content (AvgIpc) is 2.70. The summed E-state index contributed by atoms with van der Waals surface area (Å²) in [5, 5.41) is 5.90. The predicted molar refractivity (Wildman–Crippen MR) is 357 cm³/mol. The smallest absolute Gasteiger partial charge is 0.111 e. The first-order valence-corrected chi connectivity index (χ1v) is 29.3. The van der Waals surface area contributed by atoms with Crippen LogP contribution < -0.4 is 16.0 Å². The SMILES string of the molecule is Cc1ccc(/C2=C3\C=CC(=N3)C(c3ccccc3)=C3C=CC(=N3)/C(c3ccc(C)cc3)=C3/C=CC(=N3)C3C=CC(=N3)/C(c3ccc(C)cc3)=C3/C=CC(=N3)C(c3ccccc3)=C3C=CC(N3)/C(c3ccc(C)cc3)=c3/cc/c([nH]3)=C3\C=CC2=N3)cc1. The van der Waals surface area contributed by atoms with Gasteiger partial charge in [0.1, 0.15) is 6.04 Å². The maximum atomic E-state index is 5.56. The van der Waals surface area contributed by atoms with Crippen LogP contribution in [0.4, 0.5) is 0 Å². The van der Waals surface area contributed by atoms with Crippen LogP contribution in [0.15, 0.2) is 313 Å². The van der Waals surface area contributed by atoms with Crippen molar-refractivity contribution in [2.24, 2.45) is 30.0 Å². The number of benzene rings is 6. The number of aromatic amines is 1. The van der Waals surface area contributed by atoms with Gasteiger partial charge in [-0.15, -0.1) is 0 Å². The number of aliphatic imine (C=N–C) groups is 6. The highest BCUT2D eigenvalue weighted by atomic mass is 15.0. The van der Waals surface area contributed by atoms with Gasteiger partial charge in [0, 0.05) is 44.5 Å². The van der Waals surface area contributed by atoms with Gasteiger partial charge in [-0.25, -0.2) is 20.0 Å². The van der Waals surface area contributed by atoms with Gasteiger partial charge in [-0.3, -0.25) is 9.98 Å². The van der Waals surface area contributed by atoms with Gasteiger partial charge in [0.05, 0.1) is 74.1 Å². The van der Waals surface area contributed by atoms with Crippen LogP contribution in [0.1, 0.15) is 55.6 Å². The number of fused-ring (bicyclic) bond motifs is 11. The van der Waals surface area contributed by atoms with Crippen LogP contribution in [0.3, 0.4) is 0 Å². The molecule has 0 fully saturated rings. The van der Waals surface area contributed by atoms with Crippen LogP contribution in [0.5, 0.6) is 0 Å². The molecular weight excluding hydrogens is 1050 g/mol. The van der Waals surface area contributed by atoms with Crippen LogP contribution in [-0.4, -0.2) is 51.3 Å². The van der Waals surface area contributed by atoms with Crippen LogP contribution >= 0.6 is 0 Å². The Kier molecular flexibility index (Phi) is 13.1. The second-order valence-electron chi connectivity index (χ2n) is 22.6. The molecule has 2 N–H and O–H groups in total. The lowest BCUT2D eigenvalue weighted by Crippen LogP contribution is -2.30. The minimum Gasteiger partial charge on any atom is -0.374 e.